The highest BCUT2D eigenvalue weighted by molar-refractivity contribution is 7.96. The molecule has 0 atom stereocenters. The van der Waals surface area contributed by atoms with Crippen LogP contribution in [0, 0.1) is 0 Å². The van der Waals surface area contributed by atoms with E-state index in [-0.39, 0.29) is 0 Å². The van der Waals surface area contributed by atoms with Gasteiger partial charge >= 0.3 is 0 Å². The Morgan fingerprint density at radius 1 is 1.23 bits per heavy atom. The van der Waals surface area contributed by atoms with Crippen molar-refractivity contribution in [2.24, 2.45) is 0 Å². The summed E-state index contributed by atoms with van der Waals surface area (Å²) in [7, 11) is 3.38. The zero-order chi connectivity index (χ0) is 15.8. The van der Waals surface area contributed by atoms with E-state index in [4.69, 9.17) is 14.2 Å². The van der Waals surface area contributed by atoms with Crippen molar-refractivity contribution in [3.63, 3.8) is 0 Å². The Hall–Kier alpha value is -0.950. The zero-order valence-corrected chi connectivity index (χ0v) is 14.5. The Kier molecular flexibility index (Phi) is 7.32. The molecule has 0 amide bonds. The van der Waals surface area contributed by atoms with Crippen LogP contribution in [-0.2, 0) is 11.3 Å². The number of methoxy groups -OCH3 is 2. The molecule has 1 saturated heterocycles. The summed E-state index contributed by atoms with van der Waals surface area (Å²) in [4.78, 5) is 2.46. The van der Waals surface area contributed by atoms with E-state index in [0.29, 0.717) is 0 Å². The number of benzene rings is 1. The highest BCUT2D eigenvalue weighted by Crippen LogP contribution is 2.27. The predicted octanol–water partition coefficient (Wildman–Crippen LogP) is 2.12. The third-order valence-electron chi connectivity index (χ3n) is 3.87. The van der Waals surface area contributed by atoms with Crippen LogP contribution in [0.5, 0.6) is 11.5 Å². The number of nitrogens with zero attached hydrogens (tertiary/aromatic N) is 2. The van der Waals surface area contributed by atoms with Gasteiger partial charge in [0.1, 0.15) is 11.5 Å². The number of ether oxygens (including phenoxy) is 3. The van der Waals surface area contributed by atoms with Gasteiger partial charge in [0.2, 0.25) is 0 Å². The van der Waals surface area contributed by atoms with Crippen LogP contribution >= 0.6 is 11.9 Å². The minimum Gasteiger partial charge on any atom is -0.497 e. The van der Waals surface area contributed by atoms with E-state index in [9.17, 15) is 0 Å². The van der Waals surface area contributed by atoms with E-state index >= 15 is 0 Å². The SMILES string of the molecule is COc1ccc(CN(CCN2CCOCC2)SC)c(OC)c1. The van der Waals surface area contributed by atoms with Crippen LogP contribution in [0.15, 0.2) is 18.2 Å². The molecule has 0 aromatic heterocycles. The third kappa shape index (κ3) is 5.05. The average Bonchev–Trinajstić information content (AvgIpc) is 2.59. The van der Waals surface area contributed by atoms with E-state index < -0.39 is 0 Å². The van der Waals surface area contributed by atoms with Crippen LogP contribution in [0.2, 0.25) is 0 Å². The van der Waals surface area contributed by atoms with Crippen LogP contribution in [0.3, 0.4) is 0 Å². The van der Waals surface area contributed by atoms with Crippen molar-refractivity contribution in [3.05, 3.63) is 23.8 Å². The second-order valence-corrected chi connectivity index (χ2v) is 6.06. The Labute approximate surface area is 137 Å². The molecule has 22 heavy (non-hydrogen) atoms. The van der Waals surface area contributed by atoms with Crippen molar-refractivity contribution < 1.29 is 14.2 Å². The maximum absolute atomic E-state index is 5.48. The summed E-state index contributed by atoms with van der Waals surface area (Å²) in [6, 6.07) is 6.00. The van der Waals surface area contributed by atoms with Gasteiger partial charge in [0.25, 0.3) is 0 Å². The fraction of sp³-hybridized carbons (Fsp3) is 0.625. The molecular formula is C16H26N2O3S. The molecule has 1 aromatic carbocycles. The molecule has 2 rings (SSSR count). The molecule has 1 aliphatic heterocycles. The topological polar surface area (TPSA) is 34.2 Å². The molecular weight excluding hydrogens is 300 g/mol. The summed E-state index contributed by atoms with van der Waals surface area (Å²) in [6.45, 7) is 6.73. The average molecular weight is 326 g/mol. The number of rotatable bonds is 8. The van der Waals surface area contributed by atoms with Gasteiger partial charge in [-0.3, -0.25) is 4.90 Å². The molecule has 0 aliphatic carbocycles. The Balaban J connectivity index is 1.91. The first-order valence-electron chi connectivity index (χ1n) is 7.57. The predicted molar refractivity (Wildman–Crippen MR) is 90.7 cm³/mol. The van der Waals surface area contributed by atoms with Crippen molar-refractivity contribution in [1.29, 1.82) is 0 Å². The van der Waals surface area contributed by atoms with Crippen molar-refractivity contribution >= 4 is 11.9 Å². The molecule has 0 radical (unpaired) electrons. The maximum atomic E-state index is 5.48. The highest BCUT2D eigenvalue weighted by atomic mass is 32.2. The summed E-state index contributed by atoms with van der Waals surface area (Å²) < 4.78 is 18.5. The molecule has 124 valence electrons. The van der Waals surface area contributed by atoms with Gasteiger partial charge in [0.15, 0.2) is 0 Å². The normalized spacial score (nSPS) is 16.0. The van der Waals surface area contributed by atoms with Gasteiger partial charge in [0, 0.05) is 44.4 Å². The van der Waals surface area contributed by atoms with Crippen LogP contribution in [0.1, 0.15) is 5.56 Å². The van der Waals surface area contributed by atoms with Gasteiger partial charge in [-0.05, 0) is 12.3 Å². The van der Waals surface area contributed by atoms with E-state index in [1.54, 1.807) is 26.2 Å². The molecule has 1 aliphatic rings. The smallest absolute Gasteiger partial charge is 0.127 e. The number of hydrogen-bond acceptors (Lipinski definition) is 6. The number of morpholine rings is 1. The lowest BCUT2D eigenvalue weighted by molar-refractivity contribution is 0.0364. The number of hydrogen-bond donors (Lipinski definition) is 0. The van der Waals surface area contributed by atoms with Crippen LogP contribution < -0.4 is 9.47 Å². The minimum absolute atomic E-state index is 0.824. The van der Waals surface area contributed by atoms with Crippen LogP contribution in [0.25, 0.3) is 0 Å². The molecule has 0 unspecified atom stereocenters. The largest absolute Gasteiger partial charge is 0.497 e. The van der Waals surface area contributed by atoms with Gasteiger partial charge in [0.05, 0.1) is 27.4 Å². The van der Waals surface area contributed by atoms with Crippen molar-refractivity contribution in [3.8, 4) is 11.5 Å². The Bertz CT molecular complexity index is 453. The Morgan fingerprint density at radius 2 is 2.00 bits per heavy atom. The molecule has 6 heteroatoms. The first-order valence-corrected chi connectivity index (χ1v) is 8.75. The van der Waals surface area contributed by atoms with Crippen molar-refractivity contribution in [2.75, 3.05) is 59.9 Å². The standard InChI is InChI=1S/C16H26N2O3S/c1-19-15-5-4-14(16(12-15)20-2)13-18(22-3)7-6-17-8-10-21-11-9-17/h4-5,12H,6-11,13H2,1-3H3. The fourth-order valence-corrected chi connectivity index (χ4v) is 3.02. The molecule has 0 bridgehead atoms. The fourth-order valence-electron chi connectivity index (χ4n) is 2.49. The van der Waals surface area contributed by atoms with Crippen LogP contribution in [0.4, 0.5) is 0 Å². The monoisotopic (exact) mass is 326 g/mol. The lowest BCUT2D eigenvalue weighted by Gasteiger charge is -2.29. The summed E-state index contributed by atoms with van der Waals surface area (Å²) in [5, 5.41) is 0. The molecule has 0 spiro atoms. The van der Waals surface area contributed by atoms with Crippen molar-refractivity contribution in [2.45, 2.75) is 6.54 Å². The van der Waals surface area contributed by atoms with Crippen LogP contribution in [-0.4, -0.2) is 69.1 Å². The van der Waals surface area contributed by atoms with Gasteiger partial charge < -0.3 is 14.2 Å². The Morgan fingerprint density at radius 3 is 2.64 bits per heavy atom. The van der Waals surface area contributed by atoms with Gasteiger partial charge in [-0.1, -0.05) is 18.0 Å². The second-order valence-electron chi connectivity index (χ2n) is 5.18. The maximum Gasteiger partial charge on any atom is 0.127 e. The first kappa shape index (κ1) is 17.4. The van der Waals surface area contributed by atoms with E-state index in [1.165, 1.54) is 5.56 Å². The lowest BCUT2D eigenvalue weighted by atomic mass is 10.2. The molecule has 5 nitrogen and oxygen atoms in total. The summed E-state index contributed by atoms with van der Waals surface area (Å²) in [5.74, 6) is 1.70. The summed E-state index contributed by atoms with van der Waals surface area (Å²) in [5.41, 5.74) is 1.18. The third-order valence-corrected chi connectivity index (χ3v) is 4.70. The first-order chi connectivity index (χ1) is 10.8. The van der Waals surface area contributed by atoms with Gasteiger partial charge in [-0.15, -0.1) is 0 Å². The molecule has 1 fully saturated rings. The molecule has 1 aromatic rings. The molecule has 0 saturated carbocycles. The summed E-state index contributed by atoms with van der Waals surface area (Å²) in [6.07, 6.45) is 2.12. The van der Waals surface area contributed by atoms with Gasteiger partial charge in [-0.2, -0.15) is 0 Å². The van der Waals surface area contributed by atoms with E-state index in [0.717, 1.165) is 57.4 Å². The lowest BCUT2D eigenvalue weighted by Crippen LogP contribution is -2.40. The molecule has 1 heterocycles. The zero-order valence-electron chi connectivity index (χ0n) is 13.7. The van der Waals surface area contributed by atoms with Gasteiger partial charge in [-0.25, -0.2) is 4.31 Å². The molecule has 0 N–H and O–H groups in total. The van der Waals surface area contributed by atoms with E-state index in [1.807, 2.05) is 12.1 Å². The second kappa shape index (κ2) is 9.25. The minimum atomic E-state index is 0.824. The highest BCUT2D eigenvalue weighted by Gasteiger charge is 2.14. The van der Waals surface area contributed by atoms with E-state index in [2.05, 4.69) is 21.5 Å². The quantitative estimate of drug-likeness (QED) is 0.681. The van der Waals surface area contributed by atoms with Crippen molar-refractivity contribution in [1.82, 2.24) is 9.21 Å². The summed E-state index contributed by atoms with van der Waals surface area (Å²) >= 11 is 1.77.